The molecule has 0 radical (unpaired) electrons. The van der Waals surface area contributed by atoms with Gasteiger partial charge in [0.15, 0.2) is 0 Å². The number of nitrogens with zero attached hydrogens (tertiary/aromatic N) is 1. The highest BCUT2D eigenvalue weighted by atomic mass is 35.5. The van der Waals surface area contributed by atoms with Gasteiger partial charge < -0.3 is 19.9 Å². The number of nitrogens with one attached hydrogen (secondary N) is 1. The van der Waals surface area contributed by atoms with E-state index in [2.05, 4.69) is 10.3 Å². The van der Waals surface area contributed by atoms with E-state index < -0.39 is 5.97 Å². The highest BCUT2D eigenvalue weighted by Gasteiger charge is 2.14. The van der Waals surface area contributed by atoms with Crippen molar-refractivity contribution in [2.45, 2.75) is 0 Å². The molecule has 0 saturated heterocycles. The summed E-state index contributed by atoms with van der Waals surface area (Å²) in [6, 6.07) is 7.90. The summed E-state index contributed by atoms with van der Waals surface area (Å²) in [4.78, 5) is 15.2. The molecule has 0 amide bonds. The Morgan fingerprint density at radius 3 is 2.62 bits per heavy atom. The number of hydrogen-bond acceptors (Lipinski definition) is 5. The Labute approximate surface area is 126 Å². The highest BCUT2D eigenvalue weighted by Crippen LogP contribution is 2.32. The van der Waals surface area contributed by atoms with Crippen LogP contribution in [0.25, 0.3) is 0 Å². The standard InChI is InChI=1S/C14H13ClN2O4/c1-20-8-3-5-10(11(7-8)21-2)16-13-9(14(18)19)4-6-12(15)17-13/h3-7H,1-2H3,(H,16,17)(H,18,19). The van der Waals surface area contributed by atoms with E-state index in [9.17, 15) is 4.79 Å². The largest absolute Gasteiger partial charge is 0.497 e. The summed E-state index contributed by atoms with van der Waals surface area (Å²) >= 11 is 5.81. The van der Waals surface area contributed by atoms with Crippen LogP contribution in [-0.2, 0) is 0 Å². The van der Waals surface area contributed by atoms with Crippen LogP contribution >= 0.6 is 11.6 Å². The van der Waals surface area contributed by atoms with Gasteiger partial charge in [-0.15, -0.1) is 0 Å². The van der Waals surface area contributed by atoms with Gasteiger partial charge in [-0.3, -0.25) is 0 Å². The number of anilines is 2. The molecule has 0 bridgehead atoms. The predicted molar refractivity (Wildman–Crippen MR) is 79.0 cm³/mol. The van der Waals surface area contributed by atoms with Crippen LogP contribution in [0.3, 0.4) is 0 Å². The first-order valence-electron chi connectivity index (χ1n) is 5.94. The summed E-state index contributed by atoms with van der Waals surface area (Å²) in [5.41, 5.74) is 0.563. The molecule has 1 aromatic heterocycles. The summed E-state index contributed by atoms with van der Waals surface area (Å²) in [6.07, 6.45) is 0. The molecular weight excluding hydrogens is 296 g/mol. The number of pyridine rings is 1. The Balaban J connectivity index is 2.42. The SMILES string of the molecule is COc1ccc(Nc2nc(Cl)ccc2C(=O)O)c(OC)c1. The van der Waals surface area contributed by atoms with Crippen LogP contribution in [0.4, 0.5) is 11.5 Å². The lowest BCUT2D eigenvalue weighted by Crippen LogP contribution is -2.05. The average Bonchev–Trinajstić information content (AvgIpc) is 2.47. The minimum Gasteiger partial charge on any atom is -0.497 e. The van der Waals surface area contributed by atoms with Crippen LogP contribution in [-0.4, -0.2) is 30.3 Å². The Bertz CT molecular complexity index is 676. The molecule has 6 nitrogen and oxygen atoms in total. The Hall–Kier alpha value is -2.47. The Morgan fingerprint density at radius 1 is 1.24 bits per heavy atom. The van der Waals surface area contributed by atoms with Crippen molar-refractivity contribution in [1.29, 1.82) is 0 Å². The smallest absolute Gasteiger partial charge is 0.339 e. The van der Waals surface area contributed by atoms with Crippen molar-refractivity contribution in [3.8, 4) is 11.5 Å². The molecule has 0 atom stereocenters. The number of halogens is 1. The zero-order valence-electron chi connectivity index (χ0n) is 11.4. The van der Waals surface area contributed by atoms with Gasteiger partial charge in [0.05, 0.1) is 19.9 Å². The molecule has 1 aromatic carbocycles. The van der Waals surface area contributed by atoms with Crippen molar-refractivity contribution in [2.75, 3.05) is 19.5 Å². The highest BCUT2D eigenvalue weighted by molar-refractivity contribution is 6.29. The Kier molecular flexibility index (Phi) is 4.49. The minimum atomic E-state index is -1.10. The second kappa shape index (κ2) is 6.32. The van der Waals surface area contributed by atoms with Gasteiger partial charge >= 0.3 is 5.97 Å². The maximum absolute atomic E-state index is 11.2. The molecule has 0 spiro atoms. The van der Waals surface area contributed by atoms with E-state index in [1.54, 1.807) is 25.3 Å². The van der Waals surface area contributed by atoms with Crippen molar-refractivity contribution in [1.82, 2.24) is 4.98 Å². The van der Waals surface area contributed by atoms with Crippen molar-refractivity contribution in [3.05, 3.63) is 41.0 Å². The molecule has 0 aliphatic rings. The van der Waals surface area contributed by atoms with E-state index in [1.165, 1.54) is 19.2 Å². The summed E-state index contributed by atoms with van der Waals surface area (Å²) in [6.45, 7) is 0. The molecule has 2 rings (SSSR count). The molecule has 0 saturated carbocycles. The molecule has 2 aromatic rings. The van der Waals surface area contributed by atoms with Gasteiger partial charge in [0, 0.05) is 6.07 Å². The monoisotopic (exact) mass is 308 g/mol. The fourth-order valence-electron chi connectivity index (χ4n) is 1.73. The van der Waals surface area contributed by atoms with E-state index in [-0.39, 0.29) is 16.5 Å². The lowest BCUT2D eigenvalue weighted by molar-refractivity contribution is 0.0697. The lowest BCUT2D eigenvalue weighted by Gasteiger charge is -2.13. The molecule has 21 heavy (non-hydrogen) atoms. The third-order valence-electron chi connectivity index (χ3n) is 2.75. The fraction of sp³-hybridized carbons (Fsp3) is 0.143. The van der Waals surface area contributed by atoms with E-state index >= 15 is 0 Å². The molecule has 0 aliphatic carbocycles. The number of aromatic nitrogens is 1. The molecule has 0 aliphatic heterocycles. The van der Waals surface area contributed by atoms with Crippen molar-refractivity contribution < 1.29 is 19.4 Å². The zero-order chi connectivity index (χ0) is 15.4. The van der Waals surface area contributed by atoms with Gasteiger partial charge in [-0.2, -0.15) is 0 Å². The van der Waals surface area contributed by atoms with E-state index in [4.69, 9.17) is 26.2 Å². The first-order valence-corrected chi connectivity index (χ1v) is 6.32. The average molecular weight is 309 g/mol. The number of carbonyl (C=O) groups is 1. The number of methoxy groups -OCH3 is 2. The van der Waals surface area contributed by atoms with Gasteiger partial charge in [-0.25, -0.2) is 9.78 Å². The summed E-state index contributed by atoms with van der Waals surface area (Å²) in [5.74, 6) is 0.148. The summed E-state index contributed by atoms with van der Waals surface area (Å²) < 4.78 is 10.3. The number of carboxylic acids is 1. The van der Waals surface area contributed by atoms with Crippen molar-refractivity contribution in [3.63, 3.8) is 0 Å². The third kappa shape index (κ3) is 3.35. The number of ether oxygens (including phenoxy) is 2. The van der Waals surface area contributed by atoms with Crippen molar-refractivity contribution in [2.24, 2.45) is 0 Å². The van der Waals surface area contributed by atoms with E-state index in [0.29, 0.717) is 17.2 Å². The number of benzene rings is 1. The number of aromatic carboxylic acids is 1. The van der Waals surface area contributed by atoms with E-state index in [1.807, 2.05) is 0 Å². The lowest BCUT2D eigenvalue weighted by atomic mass is 10.2. The zero-order valence-corrected chi connectivity index (χ0v) is 12.1. The van der Waals surface area contributed by atoms with Crippen LogP contribution in [0, 0.1) is 0 Å². The molecule has 7 heteroatoms. The second-order valence-corrected chi connectivity index (χ2v) is 4.41. The topological polar surface area (TPSA) is 80.7 Å². The predicted octanol–water partition coefficient (Wildman–Crippen LogP) is 3.19. The van der Waals surface area contributed by atoms with Crippen LogP contribution in [0.15, 0.2) is 30.3 Å². The van der Waals surface area contributed by atoms with Crippen molar-refractivity contribution >= 4 is 29.1 Å². The minimum absolute atomic E-state index is 0.0114. The third-order valence-corrected chi connectivity index (χ3v) is 2.96. The quantitative estimate of drug-likeness (QED) is 0.826. The molecule has 0 unspecified atom stereocenters. The Morgan fingerprint density at radius 2 is 2.00 bits per heavy atom. The van der Waals surface area contributed by atoms with Crippen LogP contribution in [0.1, 0.15) is 10.4 Å². The number of rotatable bonds is 5. The first kappa shape index (κ1) is 14.9. The van der Waals surface area contributed by atoms with Crippen LogP contribution < -0.4 is 14.8 Å². The fourth-order valence-corrected chi connectivity index (χ4v) is 1.88. The molecule has 1 heterocycles. The van der Waals surface area contributed by atoms with Gasteiger partial charge in [0.25, 0.3) is 0 Å². The van der Waals surface area contributed by atoms with Crippen LogP contribution in [0.5, 0.6) is 11.5 Å². The molecule has 0 fully saturated rings. The van der Waals surface area contributed by atoms with E-state index in [0.717, 1.165) is 0 Å². The number of carboxylic acid groups (broad SMARTS) is 1. The molecule has 2 N–H and O–H groups in total. The molecular formula is C14H13ClN2O4. The summed E-state index contributed by atoms with van der Waals surface area (Å²) in [5, 5.41) is 12.3. The normalized spacial score (nSPS) is 10.0. The first-order chi connectivity index (χ1) is 10.0. The molecule has 110 valence electrons. The maximum Gasteiger partial charge on any atom is 0.339 e. The summed E-state index contributed by atoms with van der Waals surface area (Å²) in [7, 11) is 3.05. The van der Waals surface area contributed by atoms with Gasteiger partial charge in [0.1, 0.15) is 28.0 Å². The van der Waals surface area contributed by atoms with Gasteiger partial charge in [-0.1, -0.05) is 11.6 Å². The van der Waals surface area contributed by atoms with Gasteiger partial charge in [0.2, 0.25) is 0 Å². The second-order valence-electron chi connectivity index (χ2n) is 4.03. The van der Waals surface area contributed by atoms with Crippen LogP contribution in [0.2, 0.25) is 5.15 Å². The maximum atomic E-state index is 11.2. The van der Waals surface area contributed by atoms with Gasteiger partial charge in [-0.05, 0) is 24.3 Å². The number of hydrogen-bond donors (Lipinski definition) is 2.